The molecule has 0 rings (SSSR count). The molecule has 94 valence electrons. The molecule has 0 heterocycles. The zero-order valence-electron chi connectivity index (χ0n) is 9.95. The Bertz CT molecular complexity index is 253. The summed E-state index contributed by atoms with van der Waals surface area (Å²) in [7, 11) is 0. The predicted octanol–water partition coefficient (Wildman–Crippen LogP) is -0.280. The summed E-state index contributed by atoms with van der Waals surface area (Å²) < 4.78 is 5.37. The van der Waals surface area contributed by atoms with Crippen molar-refractivity contribution in [1.82, 2.24) is 5.32 Å². The van der Waals surface area contributed by atoms with Crippen molar-refractivity contribution in [3.8, 4) is 0 Å². The van der Waals surface area contributed by atoms with Crippen LogP contribution in [0.3, 0.4) is 0 Å². The molecule has 0 saturated heterocycles. The Morgan fingerprint density at radius 3 is 2.50 bits per heavy atom. The molecule has 1 unspecified atom stereocenters. The Hall–Kier alpha value is -1.14. The number of ether oxygens (including phenoxy) is 1. The molecule has 6 nitrogen and oxygen atoms in total. The number of hydrogen-bond acceptors (Lipinski definition) is 4. The molecular weight excluding hydrogens is 212 g/mol. The van der Waals surface area contributed by atoms with Gasteiger partial charge in [0.15, 0.2) is 0 Å². The number of carboxylic acids is 1. The Labute approximate surface area is 95.1 Å². The fraction of sp³-hybridized carbons (Fsp3) is 0.800. The highest BCUT2D eigenvalue weighted by Gasteiger charge is 2.22. The molecule has 0 saturated carbocycles. The molecule has 1 atom stereocenters. The minimum Gasteiger partial charge on any atom is -0.481 e. The van der Waals surface area contributed by atoms with Crippen LogP contribution in [-0.2, 0) is 14.3 Å². The van der Waals surface area contributed by atoms with Crippen LogP contribution in [0.1, 0.15) is 27.2 Å². The second-order valence-corrected chi connectivity index (χ2v) is 4.11. The molecule has 0 aromatic heterocycles. The summed E-state index contributed by atoms with van der Waals surface area (Å²) in [5.74, 6) is -1.57. The lowest BCUT2D eigenvalue weighted by atomic mass is 10.1. The van der Waals surface area contributed by atoms with Gasteiger partial charge in [-0.3, -0.25) is 9.59 Å². The highest BCUT2D eigenvalue weighted by molar-refractivity contribution is 5.85. The first-order valence-electron chi connectivity index (χ1n) is 5.17. The fourth-order valence-electron chi connectivity index (χ4n) is 1.15. The quantitative estimate of drug-likeness (QED) is 0.560. The van der Waals surface area contributed by atoms with Crippen molar-refractivity contribution in [2.75, 3.05) is 13.2 Å². The minimum absolute atomic E-state index is 0.299. The Kier molecular flexibility index (Phi) is 5.98. The number of aliphatic carboxylic acids is 1. The van der Waals surface area contributed by atoms with Crippen LogP contribution in [0.4, 0.5) is 0 Å². The van der Waals surface area contributed by atoms with Crippen LogP contribution in [0.2, 0.25) is 0 Å². The summed E-state index contributed by atoms with van der Waals surface area (Å²) in [5.41, 5.74) is 4.91. The predicted molar refractivity (Wildman–Crippen MR) is 58.9 cm³/mol. The molecule has 0 fully saturated rings. The van der Waals surface area contributed by atoms with Crippen molar-refractivity contribution < 1.29 is 19.4 Å². The zero-order valence-corrected chi connectivity index (χ0v) is 9.95. The molecule has 4 N–H and O–H groups in total. The average molecular weight is 232 g/mol. The van der Waals surface area contributed by atoms with Crippen LogP contribution in [0, 0.1) is 0 Å². The maximum atomic E-state index is 11.4. The third kappa shape index (κ3) is 6.36. The number of hydrogen-bond donors (Lipinski definition) is 3. The average Bonchev–Trinajstić information content (AvgIpc) is 2.13. The number of nitrogens with two attached hydrogens (primary N) is 1. The van der Waals surface area contributed by atoms with E-state index in [0.29, 0.717) is 13.2 Å². The van der Waals surface area contributed by atoms with Gasteiger partial charge >= 0.3 is 5.97 Å². The largest absolute Gasteiger partial charge is 0.481 e. The maximum absolute atomic E-state index is 11.4. The Morgan fingerprint density at radius 2 is 2.06 bits per heavy atom. The topological polar surface area (TPSA) is 102 Å². The first-order chi connectivity index (χ1) is 7.28. The fourth-order valence-corrected chi connectivity index (χ4v) is 1.15. The molecule has 0 aliphatic rings. The van der Waals surface area contributed by atoms with E-state index in [-0.39, 0.29) is 6.42 Å². The van der Waals surface area contributed by atoms with Gasteiger partial charge in [-0.2, -0.15) is 0 Å². The second kappa shape index (κ2) is 6.44. The summed E-state index contributed by atoms with van der Waals surface area (Å²) in [6.45, 7) is 6.37. The maximum Gasteiger partial charge on any atom is 0.305 e. The molecule has 0 aromatic rings. The van der Waals surface area contributed by atoms with Crippen LogP contribution in [0.15, 0.2) is 0 Å². The van der Waals surface area contributed by atoms with E-state index in [4.69, 9.17) is 15.6 Å². The van der Waals surface area contributed by atoms with Crippen molar-refractivity contribution >= 4 is 11.9 Å². The molecule has 0 spiro atoms. The molecule has 0 aromatic carbocycles. The van der Waals surface area contributed by atoms with Crippen molar-refractivity contribution in [1.29, 1.82) is 0 Å². The minimum atomic E-state index is -1.09. The monoisotopic (exact) mass is 232 g/mol. The van der Waals surface area contributed by atoms with Gasteiger partial charge in [0, 0.05) is 13.2 Å². The number of rotatable bonds is 7. The molecule has 1 amide bonds. The normalized spacial score (nSPS) is 13.2. The summed E-state index contributed by atoms with van der Waals surface area (Å²) >= 11 is 0. The van der Waals surface area contributed by atoms with Gasteiger partial charge in [0.25, 0.3) is 0 Å². The smallest absolute Gasteiger partial charge is 0.305 e. The SMILES string of the molecule is CCOC(C)(C)CNC(=O)C(N)CC(=O)O. The van der Waals surface area contributed by atoms with E-state index in [1.807, 2.05) is 20.8 Å². The van der Waals surface area contributed by atoms with E-state index in [1.165, 1.54) is 0 Å². The number of carbonyl (C=O) groups is 2. The number of amides is 1. The zero-order chi connectivity index (χ0) is 12.8. The van der Waals surface area contributed by atoms with E-state index in [9.17, 15) is 9.59 Å². The standard InChI is InChI=1S/C10H20N2O4/c1-4-16-10(2,3)6-12-9(15)7(11)5-8(13)14/h7H,4-6,11H2,1-3H3,(H,12,15)(H,13,14). The van der Waals surface area contributed by atoms with Crippen molar-refractivity contribution in [3.63, 3.8) is 0 Å². The summed E-state index contributed by atoms with van der Waals surface area (Å²) in [4.78, 5) is 21.7. The lowest BCUT2D eigenvalue weighted by Crippen LogP contribution is -2.47. The van der Waals surface area contributed by atoms with Gasteiger partial charge in [0.2, 0.25) is 5.91 Å². The van der Waals surface area contributed by atoms with Crippen molar-refractivity contribution in [3.05, 3.63) is 0 Å². The molecule has 16 heavy (non-hydrogen) atoms. The molecule has 0 bridgehead atoms. The second-order valence-electron chi connectivity index (χ2n) is 4.11. The first-order valence-corrected chi connectivity index (χ1v) is 5.17. The van der Waals surface area contributed by atoms with Crippen LogP contribution >= 0.6 is 0 Å². The van der Waals surface area contributed by atoms with Crippen molar-refractivity contribution in [2.24, 2.45) is 5.73 Å². The van der Waals surface area contributed by atoms with Gasteiger partial charge < -0.3 is 20.9 Å². The van der Waals surface area contributed by atoms with Crippen LogP contribution in [0.25, 0.3) is 0 Å². The Balaban J connectivity index is 4.01. The Morgan fingerprint density at radius 1 is 1.50 bits per heavy atom. The third-order valence-electron chi connectivity index (χ3n) is 1.95. The van der Waals surface area contributed by atoms with Gasteiger partial charge in [0.1, 0.15) is 0 Å². The summed E-state index contributed by atoms with van der Waals surface area (Å²) in [5, 5.41) is 11.0. The molecule has 0 aliphatic heterocycles. The van der Waals surface area contributed by atoms with Gasteiger partial charge in [-0.05, 0) is 20.8 Å². The van der Waals surface area contributed by atoms with E-state index >= 15 is 0 Å². The molecule has 0 radical (unpaired) electrons. The number of carboxylic acid groups (broad SMARTS) is 1. The lowest BCUT2D eigenvalue weighted by molar-refractivity contribution is -0.139. The van der Waals surface area contributed by atoms with Crippen LogP contribution in [0.5, 0.6) is 0 Å². The van der Waals surface area contributed by atoms with E-state index in [0.717, 1.165) is 0 Å². The van der Waals surface area contributed by atoms with Gasteiger partial charge in [-0.25, -0.2) is 0 Å². The molecule has 6 heteroatoms. The van der Waals surface area contributed by atoms with Crippen LogP contribution < -0.4 is 11.1 Å². The van der Waals surface area contributed by atoms with Gasteiger partial charge in [0.05, 0.1) is 18.1 Å². The highest BCUT2D eigenvalue weighted by atomic mass is 16.5. The first kappa shape index (κ1) is 14.9. The van der Waals surface area contributed by atoms with Crippen molar-refractivity contribution in [2.45, 2.75) is 38.8 Å². The number of carbonyl (C=O) groups excluding carboxylic acids is 1. The number of nitrogens with one attached hydrogen (secondary N) is 1. The summed E-state index contributed by atoms with van der Waals surface area (Å²) in [6.07, 6.45) is -0.374. The third-order valence-corrected chi connectivity index (χ3v) is 1.95. The van der Waals surface area contributed by atoms with E-state index in [2.05, 4.69) is 5.32 Å². The van der Waals surface area contributed by atoms with E-state index < -0.39 is 23.5 Å². The summed E-state index contributed by atoms with van der Waals surface area (Å²) in [6, 6.07) is -1.02. The van der Waals surface area contributed by atoms with Gasteiger partial charge in [-0.15, -0.1) is 0 Å². The van der Waals surface area contributed by atoms with E-state index in [1.54, 1.807) is 0 Å². The van der Waals surface area contributed by atoms with Crippen LogP contribution in [-0.4, -0.2) is 41.8 Å². The lowest BCUT2D eigenvalue weighted by Gasteiger charge is -2.25. The van der Waals surface area contributed by atoms with Gasteiger partial charge in [-0.1, -0.05) is 0 Å². The highest BCUT2D eigenvalue weighted by Crippen LogP contribution is 2.06. The molecular formula is C10H20N2O4. The molecule has 0 aliphatic carbocycles.